The van der Waals surface area contributed by atoms with Gasteiger partial charge in [-0.25, -0.2) is 0 Å². The van der Waals surface area contributed by atoms with E-state index in [0.29, 0.717) is 35.7 Å². The second-order valence-corrected chi connectivity index (χ2v) is 6.13. The molecule has 1 saturated heterocycles. The number of rotatable bonds is 2. The first-order valence-electron chi connectivity index (χ1n) is 8.18. The second-order valence-electron chi connectivity index (χ2n) is 6.13. The molecule has 2 heterocycles. The van der Waals surface area contributed by atoms with Crippen molar-refractivity contribution in [1.82, 2.24) is 4.90 Å². The van der Waals surface area contributed by atoms with Gasteiger partial charge < -0.3 is 19.7 Å². The van der Waals surface area contributed by atoms with Gasteiger partial charge >= 0.3 is 0 Å². The summed E-state index contributed by atoms with van der Waals surface area (Å²) < 4.78 is 11.3. The largest absolute Gasteiger partial charge is 0.496 e. The summed E-state index contributed by atoms with van der Waals surface area (Å²) in [5.74, 6) is 0.705. The van der Waals surface area contributed by atoms with E-state index in [1.165, 1.54) is 7.11 Å². The molecule has 2 amide bonds. The highest BCUT2D eigenvalue weighted by atomic mass is 16.5. The van der Waals surface area contributed by atoms with Crippen LogP contribution in [0.4, 0.5) is 5.69 Å². The zero-order valence-electron chi connectivity index (χ0n) is 13.8. The number of likely N-dealkylation sites (tertiary alicyclic amines) is 1. The maximum Gasteiger partial charge on any atom is 0.258 e. The first-order chi connectivity index (χ1) is 12.2. The first kappa shape index (κ1) is 15.5. The van der Waals surface area contributed by atoms with Crippen molar-refractivity contribution in [2.75, 3.05) is 19.0 Å². The van der Waals surface area contributed by atoms with Crippen molar-refractivity contribution >= 4 is 17.5 Å². The van der Waals surface area contributed by atoms with Gasteiger partial charge in [0.1, 0.15) is 23.6 Å². The van der Waals surface area contributed by atoms with Crippen LogP contribution >= 0.6 is 0 Å². The number of fused-ring (bicyclic) bond motifs is 3. The highest BCUT2D eigenvalue weighted by Gasteiger charge is 2.43. The van der Waals surface area contributed by atoms with Gasteiger partial charge in [0, 0.05) is 6.42 Å². The summed E-state index contributed by atoms with van der Waals surface area (Å²) in [6, 6.07) is 13.8. The summed E-state index contributed by atoms with van der Waals surface area (Å²) in [5, 5.41) is 2.87. The summed E-state index contributed by atoms with van der Waals surface area (Å²) in [4.78, 5) is 27.3. The lowest BCUT2D eigenvalue weighted by molar-refractivity contribution is -0.119. The smallest absolute Gasteiger partial charge is 0.258 e. The van der Waals surface area contributed by atoms with Crippen LogP contribution < -0.4 is 14.8 Å². The lowest BCUT2D eigenvalue weighted by Gasteiger charge is -2.24. The molecule has 1 N–H and O–H groups in total. The van der Waals surface area contributed by atoms with Crippen LogP contribution in [-0.2, 0) is 4.79 Å². The average molecular weight is 338 g/mol. The third kappa shape index (κ3) is 2.69. The van der Waals surface area contributed by atoms with Crippen LogP contribution in [0.25, 0.3) is 0 Å². The van der Waals surface area contributed by atoms with Crippen LogP contribution in [0.15, 0.2) is 48.5 Å². The number of ether oxygens (including phenoxy) is 2. The molecule has 2 atom stereocenters. The maximum atomic E-state index is 13.0. The van der Waals surface area contributed by atoms with Crippen molar-refractivity contribution < 1.29 is 19.1 Å². The van der Waals surface area contributed by atoms with Crippen LogP contribution in [0.3, 0.4) is 0 Å². The van der Waals surface area contributed by atoms with Gasteiger partial charge in [0.2, 0.25) is 5.91 Å². The van der Waals surface area contributed by atoms with Gasteiger partial charge in [0.15, 0.2) is 0 Å². The van der Waals surface area contributed by atoms with Crippen LogP contribution in [-0.4, -0.2) is 42.5 Å². The molecular weight excluding hydrogens is 320 g/mol. The molecule has 25 heavy (non-hydrogen) atoms. The lowest BCUT2D eigenvalue weighted by atomic mass is 10.1. The lowest BCUT2D eigenvalue weighted by Crippen LogP contribution is -2.43. The van der Waals surface area contributed by atoms with E-state index in [1.54, 1.807) is 35.2 Å². The number of amides is 2. The molecule has 0 radical (unpaired) electrons. The van der Waals surface area contributed by atoms with E-state index in [4.69, 9.17) is 9.47 Å². The molecule has 0 aromatic heterocycles. The van der Waals surface area contributed by atoms with E-state index < -0.39 is 6.04 Å². The van der Waals surface area contributed by atoms with Gasteiger partial charge in [-0.1, -0.05) is 24.3 Å². The highest BCUT2D eigenvalue weighted by Crippen LogP contribution is 2.33. The monoisotopic (exact) mass is 338 g/mol. The average Bonchev–Trinajstić information content (AvgIpc) is 3.07. The van der Waals surface area contributed by atoms with E-state index in [1.807, 2.05) is 18.2 Å². The third-order valence-corrected chi connectivity index (χ3v) is 4.60. The SMILES string of the molecule is COc1ccccc1C(=O)N1C[C@@H]2C[C@H]1C(=O)Nc1ccccc1O2. The predicted molar refractivity (Wildman–Crippen MR) is 91.9 cm³/mol. The summed E-state index contributed by atoms with van der Waals surface area (Å²) >= 11 is 0. The molecule has 2 bridgehead atoms. The first-order valence-corrected chi connectivity index (χ1v) is 8.18. The standard InChI is InChI=1S/C19H18N2O4/c1-24-16-8-4-2-6-13(16)19(23)21-11-12-10-15(21)18(22)20-14-7-3-5-9-17(14)25-12/h2-9,12,15H,10-11H2,1H3,(H,20,22)/t12-,15-/m0/s1. The van der Waals surface area contributed by atoms with Crippen molar-refractivity contribution in [3.05, 3.63) is 54.1 Å². The molecule has 0 spiro atoms. The van der Waals surface area contributed by atoms with Gasteiger partial charge in [-0.05, 0) is 24.3 Å². The minimum Gasteiger partial charge on any atom is -0.496 e. The summed E-state index contributed by atoms with van der Waals surface area (Å²) in [7, 11) is 1.52. The zero-order chi connectivity index (χ0) is 17.4. The third-order valence-electron chi connectivity index (χ3n) is 4.60. The fourth-order valence-electron chi connectivity index (χ4n) is 3.40. The van der Waals surface area contributed by atoms with Crippen molar-refractivity contribution in [2.45, 2.75) is 18.6 Å². The fourth-order valence-corrected chi connectivity index (χ4v) is 3.40. The Morgan fingerprint density at radius 3 is 2.80 bits per heavy atom. The summed E-state index contributed by atoms with van der Waals surface area (Å²) in [5.41, 5.74) is 1.08. The molecule has 128 valence electrons. The van der Waals surface area contributed by atoms with Crippen molar-refractivity contribution in [1.29, 1.82) is 0 Å². The van der Waals surface area contributed by atoms with Crippen molar-refractivity contribution in [3.8, 4) is 11.5 Å². The van der Waals surface area contributed by atoms with E-state index in [0.717, 1.165) is 0 Å². The number of nitrogens with one attached hydrogen (secondary N) is 1. The normalized spacial score (nSPS) is 21.5. The minimum atomic E-state index is -0.559. The number of hydrogen-bond donors (Lipinski definition) is 1. The molecule has 6 heteroatoms. The molecule has 2 aromatic carbocycles. The molecule has 6 nitrogen and oxygen atoms in total. The van der Waals surface area contributed by atoms with Gasteiger partial charge in [-0.3, -0.25) is 9.59 Å². The Kier molecular flexibility index (Phi) is 3.80. The summed E-state index contributed by atoms with van der Waals surface area (Å²) in [6.45, 7) is 0.364. The Morgan fingerprint density at radius 2 is 1.96 bits per heavy atom. The maximum absolute atomic E-state index is 13.0. The number of nitrogens with zero attached hydrogens (tertiary/aromatic N) is 1. The molecular formula is C19H18N2O4. The Balaban J connectivity index is 1.66. The molecule has 1 fully saturated rings. The van der Waals surface area contributed by atoms with Crippen LogP contribution in [0.2, 0.25) is 0 Å². The highest BCUT2D eigenvalue weighted by molar-refractivity contribution is 6.03. The van der Waals surface area contributed by atoms with Gasteiger partial charge in [-0.15, -0.1) is 0 Å². The van der Waals surface area contributed by atoms with Crippen molar-refractivity contribution in [2.24, 2.45) is 0 Å². The Morgan fingerprint density at radius 1 is 1.20 bits per heavy atom. The van der Waals surface area contributed by atoms with Gasteiger partial charge in [0.05, 0.1) is 24.9 Å². The van der Waals surface area contributed by atoms with E-state index in [2.05, 4.69) is 5.32 Å². The summed E-state index contributed by atoms with van der Waals surface area (Å²) in [6.07, 6.45) is 0.261. The van der Waals surface area contributed by atoms with E-state index in [9.17, 15) is 9.59 Å². The van der Waals surface area contributed by atoms with Gasteiger partial charge in [-0.2, -0.15) is 0 Å². The van der Waals surface area contributed by atoms with Crippen LogP contribution in [0.1, 0.15) is 16.8 Å². The second kappa shape index (κ2) is 6.12. The quantitative estimate of drug-likeness (QED) is 0.912. The Labute approximate surface area is 145 Å². The fraction of sp³-hybridized carbons (Fsp3) is 0.263. The van der Waals surface area contributed by atoms with Crippen LogP contribution in [0.5, 0.6) is 11.5 Å². The topological polar surface area (TPSA) is 67.9 Å². The number of carbonyl (C=O) groups excluding carboxylic acids is 2. The minimum absolute atomic E-state index is 0.193. The molecule has 2 aromatic rings. The molecule has 0 unspecified atom stereocenters. The molecule has 4 rings (SSSR count). The predicted octanol–water partition coefficient (Wildman–Crippen LogP) is 2.31. The van der Waals surface area contributed by atoms with E-state index in [-0.39, 0.29) is 17.9 Å². The molecule has 0 saturated carbocycles. The van der Waals surface area contributed by atoms with Gasteiger partial charge in [0.25, 0.3) is 5.91 Å². The number of para-hydroxylation sites is 3. The Hall–Kier alpha value is -3.02. The number of anilines is 1. The number of benzene rings is 2. The van der Waals surface area contributed by atoms with Crippen LogP contribution in [0, 0.1) is 0 Å². The molecule has 2 aliphatic heterocycles. The number of hydrogen-bond acceptors (Lipinski definition) is 4. The van der Waals surface area contributed by atoms with E-state index >= 15 is 0 Å². The number of carbonyl (C=O) groups is 2. The zero-order valence-corrected chi connectivity index (χ0v) is 13.8. The molecule has 2 aliphatic rings. The molecule has 0 aliphatic carbocycles. The van der Waals surface area contributed by atoms with Crippen molar-refractivity contribution in [3.63, 3.8) is 0 Å². The Bertz CT molecular complexity index is 836. The number of methoxy groups -OCH3 is 1.